The summed E-state index contributed by atoms with van der Waals surface area (Å²) in [6, 6.07) is 10.1. The molecule has 1 aromatic heterocycles. The van der Waals surface area contributed by atoms with Crippen LogP contribution in [-0.4, -0.2) is 39.7 Å². The lowest BCUT2D eigenvalue weighted by Gasteiger charge is -2.26. The van der Waals surface area contributed by atoms with Gasteiger partial charge in [-0.15, -0.1) is 11.3 Å². The first-order valence-corrected chi connectivity index (χ1v) is 11.7. The summed E-state index contributed by atoms with van der Waals surface area (Å²) < 4.78 is 71.3. The predicted molar refractivity (Wildman–Crippen MR) is 113 cm³/mol. The molecule has 0 unspecified atom stereocenters. The Kier molecular flexibility index (Phi) is 5.91. The zero-order chi connectivity index (χ0) is 22.1. The number of rotatable bonds is 5. The van der Waals surface area contributed by atoms with Crippen molar-refractivity contribution in [2.45, 2.75) is 11.1 Å². The molecule has 2 heterocycles. The van der Waals surface area contributed by atoms with Crippen molar-refractivity contribution < 1.29 is 26.3 Å². The Balaban J connectivity index is 1.49. The van der Waals surface area contributed by atoms with Gasteiger partial charge in [-0.25, -0.2) is 13.4 Å². The van der Waals surface area contributed by atoms with E-state index in [-0.39, 0.29) is 5.69 Å². The van der Waals surface area contributed by atoms with E-state index in [0.717, 1.165) is 47.7 Å². The predicted octanol–water partition coefficient (Wildman–Crippen LogP) is 4.47. The van der Waals surface area contributed by atoms with Crippen molar-refractivity contribution in [1.29, 1.82) is 0 Å². The maximum atomic E-state index is 12.9. The topological polar surface area (TPSA) is 71.5 Å². The molecule has 0 bridgehead atoms. The Morgan fingerprint density at radius 1 is 1.06 bits per heavy atom. The van der Waals surface area contributed by atoms with E-state index in [9.17, 15) is 21.6 Å². The molecule has 0 spiro atoms. The molecule has 4 rings (SSSR count). The molecule has 1 fully saturated rings. The molecule has 0 aliphatic carbocycles. The van der Waals surface area contributed by atoms with E-state index in [0.29, 0.717) is 19.3 Å². The number of aromatic nitrogens is 1. The fourth-order valence-corrected chi connectivity index (χ4v) is 5.05. The number of sulfonamides is 1. The highest BCUT2D eigenvalue weighted by molar-refractivity contribution is 7.92. The number of hydrogen-bond donors (Lipinski definition) is 1. The largest absolute Gasteiger partial charge is 0.416 e. The first-order valence-electron chi connectivity index (χ1n) is 9.31. The summed E-state index contributed by atoms with van der Waals surface area (Å²) in [6.07, 6.45) is -4.62. The average Bonchev–Trinajstić information content (AvgIpc) is 3.24. The van der Waals surface area contributed by atoms with Crippen LogP contribution >= 0.6 is 11.3 Å². The normalized spacial score (nSPS) is 15.1. The minimum absolute atomic E-state index is 0.241. The van der Waals surface area contributed by atoms with Crippen molar-refractivity contribution >= 4 is 32.2 Å². The lowest BCUT2D eigenvalue weighted by Crippen LogP contribution is -2.36. The Hall–Kier alpha value is -2.63. The fraction of sp³-hybridized carbons (Fsp3) is 0.250. The SMILES string of the molecule is O=S(=O)(Nc1ccc(-c2csc(N3CCOCC3)n2)cc1)c1cccc(C(F)(F)F)c1. The molecule has 6 nitrogen and oxygen atoms in total. The number of ether oxygens (including phenoxy) is 1. The summed E-state index contributed by atoms with van der Waals surface area (Å²) >= 11 is 1.52. The lowest BCUT2D eigenvalue weighted by atomic mass is 10.1. The van der Waals surface area contributed by atoms with E-state index in [1.54, 1.807) is 24.3 Å². The summed E-state index contributed by atoms with van der Waals surface area (Å²) in [5.41, 5.74) is 0.784. The number of thiazole rings is 1. The van der Waals surface area contributed by atoms with E-state index in [4.69, 9.17) is 4.74 Å². The summed E-state index contributed by atoms with van der Waals surface area (Å²) in [4.78, 5) is 6.32. The van der Waals surface area contributed by atoms with Crippen LogP contribution < -0.4 is 9.62 Å². The van der Waals surface area contributed by atoms with Gasteiger partial charge in [0.1, 0.15) is 0 Å². The van der Waals surface area contributed by atoms with Gasteiger partial charge >= 0.3 is 6.18 Å². The number of alkyl halides is 3. The van der Waals surface area contributed by atoms with Crippen LogP contribution in [0.4, 0.5) is 24.0 Å². The third kappa shape index (κ3) is 5.00. The molecule has 3 aromatic rings. The maximum Gasteiger partial charge on any atom is 0.416 e. The molecule has 0 radical (unpaired) electrons. The molecule has 1 aliphatic heterocycles. The summed E-state index contributed by atoms with van der Waals surface area (Å²) in [5, 5.41) is 2.82. The van der Waals surface area contributed by atoms with Gasteiger partial charge in [0.15, 0.2) is 5.13 Å². The Morgan fingerprint density at radius 3 is 2.45 bits per heavy atom. The molecular formula is C20H18F3N3O3S2. The second-order valence-corrected chi connectivity index (χ2v) is 9.34. The van der Waals surface area contributed by atoms with Crippen LogP contribution in [0.3, 0.4) is 0 Å². The second-order valence-electron chi connectivity index (χ2n) is 6.82. The summed E-state index contributed by atoms with van der Waals surface area (Å²) in [6.45, 7) is 2.89. The maximum absolute atomic E-state index is 12.9. The van der Waals surface area contributed by atoms with Gasteiger partial charge in [0.05, 0.1) is 29.4 Å². The molecule has 2 aromatic carbocycles. The molecule has 0 saturated carbocycles. The van der Waals surface area contributed by atoms with Gasteiger partial charge in [0, 0.05) is 29.7 Å². The zero-order valence-corrected chi connectivity index (χ0v) is 17.7. The van der Waals surface area contributed by atoms with Crippen LogP contribution in [-0.2, 0) is 20.9 Å². The van der Waals surface area contributed by atoms with Gasteiger partial charge in [-0.1, -0.05) is 18.2 Å². The van der Waals surface area contributed by atoms with E-state index in [1.807, 2.05) is 5.38 Å². The Bertz CT molecular complexity index is 1160. The lowest BCUT2D eigenvalue weighted by molar-refractivity contribution is -0.137. The van der Waals surface area contributed by atoms with Crippen molar-refractivity contribution in [3.8, 4) is 11.3 Å². The second kappa shape index (κ2) is 8.48. The molecule has 0 atom stereocenters. The van der Waals surface area contributed by atoms with Crippen molar-refractivity contribution in [3.05, 3.63) is 59.5 Å². The van der Waals surface area contributed by atoms with Crippen LogP contribution in [0.2, 0.25) is 0 Å². The third-order valence-electron chi connectivity index (χ3n) is 4.68. The molecule has 31 heavy (non-hydrogen) atoms. The standard InChI is InChI=1S/C20H18F3N3O3S2/c21-20(22,23)15-2-1-3-17(12-15)31(27,28)25-16-6-4-14(5-7-16)18-13-30-19(24-18)26-8-10-29-11-9-26/h1-7,12-13,25H,8-11H2. The van der Waals surface area contributed by atoms with Gasteiger partial charge in [-0.05, 0) is 30.3 Å². The highest BCUT2D eigenvalue weighted by Gasteiger charge is 2.31. The van der Waals surface area contributed by atoms with E-state index >= 15 is 0 Å². The molecule has 1 N–H and O–H groups in total. The third-order valence-corrected chi connectivity index (χ3v) is 6.96. The van der Waals surface area contributed by atoms with Crippen molar-refractivity contribution in [2.75, 3.05) is 35.9 Å². The van der Waals surface area contributed by atoms with E-state index < -0.39 is 26.7 Å². The van der Waals surface area contributed by atoms with Crippen LogP contribution in [0.25, 0.3) is 11.3 Å². The molecule has 11 heteroatoms. The summed E-state index contributed by atoms with van der Waals surface area (Å²) in [7, 11) is -4.17. The first-order chi connectivity index (χ1) is 14.7. The van der Waals surface area contributed by atoms with Gasteiger partial charge in [-0.3, -0.25) is 4.72 Å². The average molecular weight is 470 g/mol. The minimum atomic E-state index is -4.62. The number of nitrogens with zero attached hydrogens (tertiary/aromatic N) is 2. The molecule has 1 saturated heterocycles. The minimum Gasteiger partial charge on any atom is -0.378 e. The van der Waals surface area contributed by atoms with Crippen LogP contribution in [0.1, 0.15) is 5.56 Å². The molecular weight excluding hydrogens is 451 g/mol. The first kappa shape index (κ1) is 21.6. The van der Waals surface area contributed by atoms with Crippen molar-refractivity contribution in [1.82, 2.24) is 4.98 Å². The number of halogens is 3. The number of morpholine rings is 1. The Labute approximate surface area is 181 Å². The number of anilines is 2. The zero-order valence-electron chi connectivity index (χ0n) is 16.1. The van der Waals surface area contributed by atoms with E-state index in [2.05, 4.69) is 14.6 Å². The number of nitrogens with one attached hydrogen (secondary N) is 1. The monoisotopic (exact) mass is 469 g/mol. The Morgan fingerprint density at radius 2 is 1.77 bits per heavy atom. The van der Waals surface area contributed by atoms with Crippen molar-refractivity contribution in [3.63, 3.8) is 0 Å². The highest BCUT2D eigenvalue weighted by Crippen LogP contribution is 2.32. The summed E-state index contributed by atoms with van der Waals surface area (Å²) in [5.74, 6) is 0. The molecule has 164 valence electrons. The quantitative estimate of drug-likeness (QED) is 0.597. The van der Waals surface area contributed by atoms with Crippen LogP contribution in [0.5, 0.6) is 0 Å². The molecule has 1 aliphatic rings. The molecule has 0 amide bonds. The van der Waals surface area contributed by atoms with Gasteiger partial charge in [-0.2, -0.15) is 13.2 Å². The number of hydrogen-bond acceptors (Lipinski definition) is 6. The van der Waals surface area contributed by atoms with Crippen LogP contribution in [0, 0.1) is 0 Å². The van der Waals surface area contributed by atoms with Gasteiger partial charge < -0.3 is 9.64 Å². The van der Waals surface area contributed by atoms with Gasteiger partial charge in [0.2, 0.25) is 0 Å². The van der Waals surface area contributed by atoms with Crippen LogP contribution in [0.15, 0.2) is 58.8 Å². The van der Waals surface area contributed by atoms with E-state index in [1.165, 1.54) is 11.3 Å². The smallest absolute Gasteiger partial charge is 0.378 e. The highest BCUT2D eigenvalue weighted by atomic mass is 32.2. The van der Waals surface area contributed by atoms with Gasteiger partial charge in [0.25, 0.3) is 10.0 Å². The van der Waals surface area contributed by atoms with Crippen molar-refractivity contribution in [2.24, 2.45) is 0 Å². The fourth-order valence-electron chi connectivity index (χ4n) is 3.06. The number of benzene rings is 2.